The smallest absolute Gasteiger partial charge is 0.310 e. The molecule has 0 radical (unpaired) electrons. The van der Waals surface area contributed by atoms with Crippen molar-refractivity contribution in [2.75, 3.05) is 10.6 Å². The van der Waals surface area contributed by atoms with Crippen LogP contribution in [-0.4, -0.2) is 23.9 Å². The van der Waals surface area contributed by atoms with E-state index < -0.39 is 0 Å². The summed E-state index contributed by atoms with van der Waals surface area (Å²) in [6.45, 7) is 0. The van der Waals surface area contributed by atoms with Crippen molar-refractivity contribution in [1.29, 1.82) is 0 Å². The first-order valence-electron chi connectivity index (χ1n) is 9.68. The molecule has 148 valence electrons. The fourth-order valence-electron chi connectivity index (χ4n) is 5.06. The van der Waals surface area contributed by atoms with E-state index in [4.69, 9.17) is 4.74 Å². The summed E-state index contributed by atoms with van der Waals surface area (Å²) in [5.41, 5.74) is 1.33. The van der Waals surface area contributed by atoms with Crippen molar-refractivity contribution in [1.82, 2.24) is 0 Å². The predicted molar refractivity (Wildman–Crippen MR) is 102 cm³/mol. The monoisotopic (exact) mass is 394 g/mol. The molecule has 3 fully saturated rings. The Kier molecular flexibility index (Phi) is 4.12. The molecule has 0 spiro atoms. The molecule has 2 aromatic carbocycles. The van der Waals surface area contributed by atoms with Crippen molar-refractivity contribution >= 4 is 29.2 Å². The first-order chi connectivity index (χ1) is 14.0. The molecular formula is C22H19FN2O4. The molecule has 2 aromatic rings. The Morgan fingerprint density at radius 2 is 1.79 bits per heavy atom. The molecule has 1 heterocycles. The summed E-state index contributed by atoms with van der Waals surface area (Å²) >= 11 is 0. The van der Waals surface area contributed by atoms with Crippen LogP contribution in [0.15, 0.2) is 48.5 Å². The van der Waals surface area contributed by atoms with E-state index in [1.54, 1.807) is 24.3 Å². The van der Waals surface area contributed by atoms with Crippen LogP contribution < -0.4 is 10.6 Å². The molecule has 2 amide bonds. The second-order valence-corrected chi connectivity index (χ2v) is 7.95. The molecular weight excluding hydrogens is 375 g/mol. The summed E-state index contributed by atoms with van der Waals surface area (Å²) in [5, 5.41) is 5.55. The molecule has 2 N–H and O–H groups in total. The molecule has 2 aliphatic carbocycles. The van der Waals surface area contributed by atoms with Gasteiger partial charge >= 0.3 is 5.97 Å². The number of anilines is 2. The Morgan fingerprint density at radius 3 is 2.59 bits per heavy atom. The van der Waals surface area contributed by atoms with Crippen molar-refractivity contribution in [3.8, 4) is 0 Å². The van der Waals surface area contributed by atoms with Crippen molar-refractivity contribution in [3.63, 3.8) is 0 Å². The van der Waals surface area contributed by atoms with Crippen molar-refractivity contribution < 1.29 is 23.5 Å². The molecule has 2 saturated carbocycles. The summed E-state index contributed by atoms with van der Waals surface area (Å²) in [6, 6.07) is 12.1. The van der Waals surface area contributed by atoms with Crippen LogP contribution in [-0.2, 0) is 14.3 Å². The highest BCUT2D eigenvalue weighted by molar-refractivity contribution is 6.05. The maximum Gasteiger partial charge on any atom is 0.310 e. The van der Waals surface area contributed by atoms with Gasteiger partial charge in [-0.25, -0.2) is 4.39 Å². The van der Waals surface area contributed by atoms with Gasteiger partial charge < -0.3 is 15.4 Å². The number of amides is 2. The molecule has 1 aliphatic heterocycles. The van der Waals surface area contributed by atoms with E-state index in [1.807, 2.05) is 0 Å². The highest BCUT2D eigenvalue weighted by Crippen LogP contribution is 2.57. The highest BCUT2D eigenvalue weighted by Gasteiger charge is 2.63. The van der Waals surface area contributed by atoms with E-state index in [0.29, 0.717) is 16.9 Å². The Bertz CT molecular complexity index is 1000. The highest BCUT2D eigenvalue weighted by atomic mass is 19.1. The number of ether oxygens (including phenoxy) is 1. The first kappa shape index (κ1) is 17.8. The summed E-state index contributed by atoms with van der Waals surface area (Å²) in [4.78, 5) is 37.5. The van der Waals surface area contributed by atoms with Gasteiger partial charge in [0.2, 0.25) is 5.91 Å². The van der Waals surface area contributed by atoms with Gasteiger partial charge in [-0.05, 0) is 61.2 Å². The lowest BCUT2D eigenvalue weighted by Crippen LogP contribution is -2.35. The van der Waals surface area contributed by atoms with Gasteiger partial charge in [-0.15, -0.1) is 0 Å². The molecule has 0 unspecified atom stereocenters. The van der Waals surface area contributed by atoms with Crippen molar-refractivity contribution in [2.45, 2.75) is 18.9 Å². The SMILES string of the molecule is O=C(Nc1ccc(F)cc1)c1cccc(NC(=O)[C@H]2[C@@H]3C[C@H]4[C@@H]2C(=O)O[C@@H]4C3)c1. The fraction of sp³-hybridized carbons (Fsp3) is 0.318. The van der Waals surface area contributed by atoms with E-state index in [9.17, 15) is 18.8 Å². The second-order valence-electron chi connectivity index (χ2n) is 7.95. The number of carbonyl (C=O) groups excluding carboxylic acids is 3. The number of hydrogen-bond acceptors (Lipinski definition) is 4. The third-order valence-corrected chi connectivity index (χ3v) is 6.28. The average Bonchev–Trinajstić information content (AvgIpc) is 3.32. The molecule has 7 heteroatoms. The average molecular weight is 394 g/mol. The molecule has 5 atom stereocenters. The minimum atomic E-state index is -0.384. The van der Waals surface area contributed by atoms with Gasteiger partial charge in [-0.1, -0.05) is 6.07 Å². The van der Waals surface area contributed by atoms with Crippen LogP contribution in [0.1, 0.15) is 23.2 Å². The normalized spacial score (nSPS) is 28.9. The number of benzene rings is 2. The van der Waals surface area contributed by atoms with Crippen LogP contribution in [0.25, 0.3) is 0 Å². The van der Waals surface area contributed by atoms with Crippen LogP contribution in [0.5, 0.6) is 0 Å². The van der Waals surface area contributed by atoms with Gasteiger partial charge in [-0.3, -0.25) is 14.4 Å². The second kappa shape index (κ2) is 6.69. The van der Waals surface area contributed by atoms with E-state index >= 15 is 0 Å². The number of nitrogens with one attached hydrogen (secondary N) is 2. The molecule has 1 saturated heterocycles. The van der Waals surface area contributed by atoms with Crippen molar-refractivity contribution in [3.05, 3.63) is 59.9 Å². The Labute approximate surface area is 166 Å². The van der Waals surface area contributed by atoms with Crippen molar-refractivity contribution in [2.24, 2.45) is 23.7 Å². The first-order valence-corrected chi connectivity index (χ1v) is 9.68. The fourth-order valence-corrected chi connectivity index (χ4v) is 5.06. The summed E-state index contributed by atoms with van der Waals surface area (Å²) in [7, 11) is 0. The van der Waals surface area contributed by atoms with Gasteiger partial charge in [0.05, 0.1) is 11.8 Å². The Balaban J connectivity index is 1.29. The molecule has 0 aromatic heterocycles. The summed E-state index contributed by atoms with van der Waals surface area (Å²) in [5.74, 6) is -1.58. The Hall–Kier alpha value is -3.22. The lowest BCUT2D eigenvalue weighted by molar-refractivity contribution is -0.145. The van der Waals surface area contributed by atoms with Gasteiger partial charge in [0.1, 0.15) is 11.9 Å². The van der Waals surface area contributed by atoms with Crippen LogP contribution in [0.3, 0.4) is 0 Å². The topological polar surface area (TPSA) is 84.5 Å². The third kappa shape index (κ3) is 3.06. The van der Waals surface area contributed by atoms with Crippen LogP contribution in [0, 0.1) is 29.5 Å². The van der Waals surface area contributed by atoms with E-state index in [1.165, 1.54) is 24.3 Å². The van der Waals surface area contributed by atoms with Gasteiger partial charge in [0.25, 0.3) is 5.91 Å². The molecule has 3 aliphatic rings. The summed E-state index contributed by atoms with van der Waals surface area (Å²) < 4.78 is 18.4. The zero-order valence-electron chi connectivity index (χ0n) is 15.4. The lowest BCUT2D eigenvalue weighted by Gasteiger charge is -2.23. The molecule has 29 heavy (non-hydrogen) atoms. The van der Waals surface area contributed by atoms with Gasteiger partial charge in [0.15, 0.2) is 0 Å². The zero-order valence-corrected chi connectivity index (χ0v) is 15.4. The van der Waals surface area contributed by atoms with E-state index in [-0.39, 0.29) is 53.4 Å². The standard InChI is InChI=1S/C22H19FN2O4/c23-13-4-6-14(7-5-13)24-20(26)11-2-1-3-15(8-11)25-21(27)18-12-9-16-17(10-12)29-22(28)19(16)18/h1-8,12,16-19H,9-10H2,(H,24,26)(H,25,27)/t12-,16-,17-,18+,19+/m1/s1. The third-order valence-electron chi connectivity index (χ3n) is 6.28. The van der Waals surface area contributed by atoms with Crippen LogP contribution >= 0.6 is 0 Å². The van der Waals surface area contributed by atoms with Crippen LogP contribution in [0.4, 0.5) is 15.8 Å². The van der Waals surface area contributed by atoms with Gasteiger partial charge in [0, 0.05) is 22.9 Å². The minimum Gasteiger partial charge on any atom is -0.462 e. The van der Waals surface area contributed by atoms with Crippen LogP contribution in [0.2, 0.25) is 0 Å². The maximum atomic E-state index is 13.0. The van der Waals surface area contributed by atoms with E-state index in [2.05, 4.69) is 10.6 Å². The number of halogens is 1. The summed E-state index contributed by atoms with van der Waals surface area (Å²) in [6.07, 6.45) is 1.60. The number of fused-ring (bicyclic) bond motifs is 1. The molecule has 2 bridgehead atoms. The van der Waals surface area contributed by atoms with E-state index in [0.717, 1.165) is 12.8 Å². The van der Waals surface area contributed by atoms with Gasteiger partial charge in [-0.2, -0.15) is 0 Å². The number of carbonyl (C=O) groups is 3. The molecule has 6 nitrogen and oxygen atoms in total. The number of esters is 1. The number of rotatable bonds is 4. The zero-order chi connectivity index (χ0) is 20.1. The minimum absolute atomic E-state index is 0.0139. The lowest BCUT2D eigenvalue weighted by atomic mass is 9.79. The maximum absolute atomic E-state index is 13.0. The molecule has 5 rings (SSSR count). The largest absolute Gasteiger partial charge is 0.462 e. The predicted octanol–water partition coefficient (Wildman–Crippen LogP) is 3.21. The Morgan fingerprint density at radius 1 is 1.00 bits per heavy atom. The quantitative estimate of drug-likeness (QED) is 0.780. The number of hydrogen-bond donors (Lipinski definition) is 2.